The largest absolute Gasteiger partial charge is 0.490 e. The zero-order chi connectivity index (χ0) is 27.4. The van der Waals surface area contributed by atoms with Gasteiger partial charge in [0.1, 0.15) is 12.4 Å². The van der Waals surface area contributed by atoms with Gasteiger partial charge in [-0.2, -0.15) is 15.0 Å². The minimum atomic E-state index is -0.428. The highest BCUT2D eigenvalue weighted by atomic mass is 79.9. The topological polar surface area (TPSA) is 89.5 Å². The van der Waals surface area contributed by atoms with Gasteiger partial charge in [-0.3, -0.25) is 4.79 Å². The van der Waals surface area contributed by atoms with Gasteiger partial charge in [-0.05, 0) is 59.3 Å². The number of halogens is 2. The quantitative estimate of drug-likeness (QED) is 0.205. The first kappa shape index (κ1) is 27.6. The lowest BCUT2D eigenvalue weighted by Crippen LogP contribution is -2.29. The van der Waals surface area contributed by atoms with E-state index in [9.17, 15) is 10.1 Å². The maximum absolute atomic E-state index is 13.5. The van der Waals surface area contributed by atoms with Crippen molar-refractivity contribution in [3.05, 3.63) is 96.4 Å². The van der Waals surface area contributed by atoms with Gasteiger partial charge in [-0.1, -0.05) is 54.9 Å². The molecule has 0 saturated carbocycles. The van der Waals surface area contributed by atoms with E-state index in [0.717, 1.165) is 10.0 Å². The molecule has 0 spiro atoms. The van der Waals surface area contributed by atoms with E-state index in [4.69, 9.17) is 14.5 Å². The van der Waals surface area contributed by atoms with Crippen molar-refractivity contribution in [1.29, 1.82) is 5.26 Å². The van der Waals surface area contributed by atoms with E-state index < -0.39 is 5.41 Å². The Morgan fingerprint density at radius 1 is 1.08 bits per heavy atom. The molecular formula is C29H26Br2N4O3. The first-order chi connectivity index (χ1) is 18.1. The molecule has 9 heteroatoms. The van der Waals surface area contributed by atoms with Crippen molar-refractivity contribution in [1.82, 2.24) is 9.66 Å². The minimum Gasteiger partial charge on any atom is -0.490 e. The molecule has 0 N–H and O–H groups in total. The Morgan fingerprint density at radius 3 is 2.53 bits per heavy atom. The van der Waals surface area contributed by atoms with Crippen LogP contribution in [-0.4, -0.2) is 22.5 Å². The van der Waals surface area contributed by atoms with Crippen LogP contribution in [0.1, 0.15) is 50.2 Å². The first-order valence-electron chi connectivity index (χ1n) is 12.0. The molecule has 0 unspecified atom stereocenters. The molecule has 4 aromatic rings. The second-order valence-corrected chi connectivity index (χ2v) is 11.3. The molecule has 0 fully saturated rings. The maximum Gasteiger partial charge on any atom is 0.282 e. The highest BCUT2D eigenvalue weighted by Crippen LogP contribution is 2.34. The molecule has 194 valence electrons. The fourth-order valence-electron chi connectivity index (χ4n) is 3.80. The summed E-state index contributed by atoms with van der Waals surface area (Å²) in [5.74, 6) is 1.59. The van der Waals surface area contributed by atoms with E-state index in [-0.39, 0.29) is 12.2 Å². The van der Waals surface area contributed by atoms with Gasteiger partial charge in [0.05, 0.1) is 35.4 Å². The summed E-state index contributed by atoms with van der Waals surface area (Å²) >= 11 is 7.04. The minimum absolute atomic E-state index is 0.215. The van der Waals surface area contributed by atoms with Crippen LogP contribution in [0.3, 0.4) is 0 Å². The van der Waals surface area contributed by atoms with Crippen LogP contribution in [0, 0.1) is 11.3 Å². The molecule has 7 nitrogen and oxygen atoms in total. The van der Waals surface area contributed by atoms with Crippen molar-refractivity contribution in [3.8, 4) is 17.6 Å². The molecule has 0 aliphatic heterocycles. The van der Waals surface area contributed by atoms with Crippen LogP contribution >= 0.6 is 31.9 Å². The Morgan fingerprint density at radius 2 is 1.82 bits per heavy atom. The summed E-state index contributed by atoms with van der Waals surface area (Å²) in [6.07, 6.45) is 1.60. The Hall–Kier alpha value is -3.48. The predicted molar refractivity (Wildman–Crippen MR) is 156 cm³/mol. The highest BCUT2D eigenvalue weighted by Gasteiger charge is 2.23. The zero-order valence-corrected chi connectivity index (χ0v) is 24.6. The lowest BCUT2D eigenvalue weighted by Gasteiger charge is -2.21. The summed E-state index contributed by atoms with van der Waals surface area (Å²) in [5, 5.41) is 14.4. The summed E-state index contributed by atoms with van der Waals surface area (Å²) in [7, 11) is 0. The van der Waals surface area contributed by atoms with Gasteiger partial charge < -0.3 is 9.47 Å². The van der Waals surface area contributed by atoms with Crippen molar-refractivity contribution < 1.29 is 9.47 Å². The summed E-state index contributed by atoms with van der Waals surface area (Å²) in [5.41, 5.74) is 1.97. The lowest BCUT2D eigenvalue weighted by molar-refractivity contribution is 0.269. The van der Waals surface area contributed by atoms with Crippen LogP contribution in [-0.2, 0) is 12.0 Å². The van der Waals surface area contributed by atoms with Crippen LogP contribution < -0.4 is 15.0 Å². The van der Waals surface area contributed by atoms with Crippen LogP contribution in [0.15, 0.2) is 73.4 Å². The normalized spacial score (nSPS) is 11.6. The molecule has 1 aromatic heterocycles. The van der Waals surface area contributed by atoms with Crippen molar-refractivity contribution in [3.63, 3.8) is 0 Å². The van der Waals surface area contributed by atoms with Crippen molar-refractivity contribution in [2.24, 2.45) is 5.10 Å². The first-order valence-corrected chi connectivity index (χ1v) is 13.5. The van der Waals surface area contributed by atoms with E-state index in [1.807, 2.05) is 58.0 Å². The Labute approximate surface area is 238 Å². The number of aromatic nitrogens is 2. The van der Waals surface area contributed by atoms with E-state index >= 15 is 0 Å². The standard InChI is InChI=1S/C29H26Br2N4O3/c1-5-37-25-12-20(23(31)14-26(25)38-17-19-9-7-6-8-18(19)15-32)16-33-35-27(36)22-13-21(30)10-11-24(22)34-28(35)29(2,3)4/h6-14,16H,5,17H2,1-4H3. The molecule has 0 saturated heterocycles. The van der Waals surface area contributed by atoms with E-state index in [2.05, 4.69) is 43.0 Å². The van der Waals surface area contributed by atoms with Crippen molar-refractivity contribution in [2.45, 2.75) is 39.7 Å². The molecule has 3 aromatic carbocycles. The zero-order valence-electron chi connectivity index (χ0n) is 21.5. The average Bonchev–Trinajstić information content (AvgIpc) is 2.88. The number of benzene rings is 3. The molecular weight excluding hydrogens is 612 g/mol. The smallest absolute Gasteiger partial charge is 0.282 e. The van der Waals surface area contributed by atoms with Gasteiger partial charge in [-0.25, -0.2) is 4.98 Å². The monoisotopic (exact) mass is 636 g/mol. The van der Waals surface area contributed by atoms with E-state index in [1.165, 1.54) is 4.68 Å². The third kappa shape index (κ3) is 5.98. The van der Waals surface area contributed by atoms with Gasteiger partial charge in [0.2, 0.25) is 0 Å². The summed E-state index contributed by atoms with van der Waals surface area (Å²) in [6.45, 7) is 8.51. The second-order valence-electron chi connectivity index (χ2n) is 9.52. The summed E-state index contributed by atoms with van der Waals surface area (Å²) in [6, 6.07) is 18.5. The molecule has 0 radical (unpaired) electrons. The fraction of sp³-hybridized carbons (Fsp3) is 0.241. The third-order valence-corrected chi connectivity index (χ3v) is 6.86. The molecule has 0 aliphatic rings. The number of nitriles is 1. The number of hydrogen-bond acceptors (Lipinski definition) is 6. The third-order valence-electron chi connectivity index (χ3n) is 5.68. The van der Waals surface area contributed by atoms with Crippen molar-refractivity contribution >= 4 is 49.0 Å². The molecule has 38 heavy (non-hydrogen) atoms. The van der Waals surface area contributed by atoms with Crippen molar-refractivity contribution in [2.75, 3.05) is 6.61 Å². The van der Waals surface area contributed by atoms with Gasteiger partial charge in [0, 0.05) is 25.5 Å². The number of rotatable bonds is 7. The molecule has 4 rings (SSSR count). The van der Waals surface area contributed by atoms with Gasteiger partial charge >= 0.3 is 0 Å². The Kier molecular flexibility index (Phi) is 8.34. The van der Waals surface area contributed by atoms with E-state index in [1.54, 1.807) is 30.5 Å². The van der Waals surface area contributed by atoms with Crippen LogP contribution in [0.5, 0.6) is 11.5 Å². The maximum atomic E-state index is 13.5. The van der Waals surface area contributed by atoms with E-state index in [0.29, 0.717) is 50.4 Å². The van der Waals surface area contributed by atoms with Gasteiger partial charge in [0.15, 0.2) is 11.5 Å². The summed E-state index contributed by atoms with van der Waals surface area (Å²) < 4.78 is 14.7. The SMILES string of the molecule is CCOc1cc(C=Nn2c(C(C)(C)C)nc3ccc(Br)cc3c2=O)c(Br)cc1OCc1ccccc1C#N. The highest BCUT2D eigenvalue weighted by molar-refractivity contribution is 9.10. The molecule has 0 atom stereocenters. The van der Waals surface area contributed by atoms with Crippen LogP contribution in [0.25, 0.3) is 10.9 Å². The lowest BCUT2D eigenvalue weighted by atomic mass is 9.95. The molecule has 0 aliphatic carbocycles. The number of nitrogens with zero attached hydrogens (tertiary/aromatic N) is 4. The number of hydrogen-bond donors (Lipinski definition) is 0. The van der Waals surface area contributed by atoms with Crippen LogP contribution in [0.4, 0.5) is 0 Å². The molecule has 0 amide bonds. The number of fused-ring (bicyclic) bond motifs is 1. The van der Waals surface area contributed by atoms with Gasteiger partial charge in [0.25, 0.3) is 5.56 Å². The fourth-order valence-corrected chi connectivity index (χ4v) is 4.59. The average molecular weight is 638 g/mol. The predicted octanol–water partition coefficient (Wildman–Crippen LogP) is 6.95. The molecule has 1 heterocycles. The summed E-state index contributed by atoms with van der Waals surface area (Å²) in [4.78, 5) is 18.2. The Balaban J connectivity index is 1.74. The second kappa shape index (κ2) is 11.5. The number of ether oxygens (including phenoxy) is 2. The van der Waals surface area contributed by atoms with Crippen LogP contribution in [0.2, 0.25) is 0 Å². The molecule has 0 bridgehead atoms. The Bertz CT molecular complexity index is 1630. The van der Waals surface area contributed by atoms with Gasteiger partial charge in [-0.15, -0.1) is 0 Å².